The number of nitriles is 1. The van der Waals surface area contributed by atoms with Crippen LogP contribution in [0.2, 0.25) is 0 Å². The number of carbonyl (C=O) groups is 3. The van der Waals surface area contributed by atoms with Gasteiger partial charge in [0.05, 0.1) is 6.07 Å². The molecule has 1 aromatic rings. The number of ether oxygens (including phenoxy) is 1. The molecule has 0 radical (unpaired) electrons. The summed E-state index contributed by atoms with van der Waals surface area (Å²) in [5.41, 5.74) is 0.268. The van der Waals surface area contributed by atoms with E-state index in [2.05, 4.69) is 5.32 Å². The second kappa shape index (κ2) is 9.20. The van der Waals surface area contributed by atoms with E-state index in [1.165, 1.54) is 31.2 Å². The lowest BCUT2D eigenvalue weighted by atomic mass is 10.1. The van der Waals surface area contributed by atoms with E-state index in [-0.39, 0.29) is 12.0 Å². The number of hydrogen-bond donors (Lipinski definition) is 2. The zero-order valence-electron chi connectivity index (χ0n) is 12.7. The van der Waals surface area contributed by atoms with E-state index >= 15 is 0 Å². The summed E-state index contributed by atoms with van der Waals surface area (Å²) in [5.74, 6) is -1.80. The summed E-state index contributed by atoms with van der Waals surface area (Å²) < 4.78 is 4.85. The van der Waals surface area contributed by atoms with Crippen molar-refractivity contribution in [2.75, 3.05) is 0 Å². The minimum atomic E-state index is -1.12. The zero-order chi connectivity index (χ0) is 17.2. The molecule has 0 fully saturated rings. The van der Waals surface area contributed by atoms with Crippen LogP contribution in [-0.4, -0.2) is 29.0 Å². The van der Waals surface area contributed by atoms with E-state index in [0.717, 1.165) is 0 Å². The SMILES string of the molecule is CC(=O)Oc1ccc(C(=O)N[C@@H](CCCCC#N)C(=O)O)cc1. The van der Waals surface area contributed by atoms with Crippen molar-refractivity contribution in [1.82, 2.24) is 5.32 Å². The molecular weight excluding hydrogens is 300 g/mol. The van der Waals surface area contributed by atoms with Gasteiger partial charge in [-0.1, -0.05) is 0 Å². The molecule has 1 atom stereocenters. The average Bonchev–Trinajstić information content (AvgIpc) is 2.50. The Hall–Kier alpha value is -2.88. The minimum Gasteiger partial charge on any atom is -0.480 e. The molecule has 0 aromatic heterocycles. The molecule has 0 unspecified atom stereocenters. The van der Waals surface area contributed by atoms with Gasteiger partial charge in [0.2, 0.25) is 0 Å². The number of benzene rings is 1. The third-order valence-corrected chi connectivity index (χ3v) is 3.01. The lowest BCUT2D eigenvalue weighted by Crippen LogP contribution is -2.40. The van der Waals surface area contributed by atoms with Crippen LogP contribution < -0.4 is 10.1 Å². The highest BCUT2D eigenvalue weighted by Gasteiger charge is 2.20. The summed E-state index contributed by atoms with van der Waals surface area (Å²) in [6.07, 6.45) is 1.75. The van der Waals surface area contributed by atoms with Gasteiger partial charge in [0.25, 0.3) is 5.91 Å². The maximum absolute atomic E-state index is 12.0. The van der Waals surface area contributed by atoms with Crippen molar-refractivity contribution in [3.8, 4) is 11.8 Å². The summed E-state index contributed by atoms with van der Waals surface area (Å²) in [6, 6.07) is 6.79. The summed E-state index contributed by atoms with van der Waals surface area (Å²) in [7, 11) is 0. The van der Waals surface area contributed by atoms with Gasteiger partial charge in [0.15, 0.2) is 0 Å². The highest BCUT2D eigenvalue weighted by molar-refractivity contribution is 5.96. The highest BCUT2D eigenvalue weighted by atomic mass is 16.5. The van der Waals surface area contributed by atoms with Crippen molar-refractivity contribution in [3.63, 3.8) is 0 Å². The van der Waals surface area contributed by atoms with Crippen LogP contribution >= 0.6 is 0 Å². The summed E-state index contributed by atoms with van der Waals surface area (Å²) in [6.45, 7) is 1.27. The van der Waals surface area contributed by atoms with E-state index in [1.54, 1.807) is 0 Å². The first-order valence-corrected chi connectivity index (χ1v) is 7.13. The number of carboxylic acids is 1. The third-order valence-electron chi connectivity index (χ3n) is 3.01. The Morgan fingerprint density at radius 3 is 2.43 bits per heavy atom. The van der Waals surface area contributed by atoms with Crippen molar-refractivity contribution < 1.29 is 24.2 Å². The third kappa shape index (κ3) is 6.61. The number of carboxylic acid groups (broad SMARTS) is 1. The second-order valence-corrected chi connectivity index (χ2v) is 4.89. The smallest absolute Gasteiger partial charge is 0.326 e. The van der Waals surface area contributed by atoms with Crippen LogP contribution in [-0.2, 0) is 9.59 Å². The van der Waals surface area contributed by atoms with E-state index in [0.29, 0.717) is 25.0 Å². The maximum atomic E-state index is 12.0. The molecule has 0 saturated heterocycles. The lowest BCUT2D eigenvalue weighted by Gasteiger charge is -2.14. The summed E-state index contributed by atoms with van der Waals surface area (Å²) in [5, 5.41) is 20.0. The van der Waals surface area contributed by atoms with Crippen LogP contribution in [0.5, 0.6) is 5.75 Å². The molecule has 23 heavy (non-hydrogen) atoms. The fourth-order valence-corrected chi connectivity index (χ4v) is 1.89. The van der Waals surface area contributed by atoms with Crippen molar-refractivity contribution in [2.24, 2.45) is 0 Å². The first-order chi connectivity index (χ1) is 10.9. The maximum Gasteiger partial charge on any atom is 0.326 e. The van der Waals surface area contributed by atoms with Crippen LogP contribution in [0.3, 0.4) is 0 Å². The Kier molecular flexibility index (Phi) is 7.27. The number of rotatable bonds is 8. The fraction of sp³-hybridized carbons (Fsp3) is 0.375. The Bertz CT molecular complexity index is 604. The lowest BCUT2D eigenvalue weighted by molar-refractivity contribution is -0.139. The van der Waals surface area contributed by atoms with Gasteiger partial charge in [-0.25, -0.2) is 4.79 Å². The molecule has 0 bridgehead atoms. The number of esters is 1. The Balaban J connectivity index is 2.62. The first-order valence-electron chi connectivity index (χ1n) is 7.13. The molecule has 0 heterocycles. The Morgan fingerprint density at radius 1 is 1.26 bits per heavy atom. The van der Waals surface area contributed by atoms with Gasteiger partial charge in [-0.05, 0) is 43.5 Å². The monoisotopic (exact) mass is 318 g/mol. The molecule has 0 aliphatic rings. The number of aliphatic carboxylic acids is 1. The molecule has 7 heteroatoms. The summed E-state index contributed by atoms with van der Waals surface area (Å²) >= 11 is 0. The number of amides is 1. The minimum absolute atomic E-state index is 0.258. The van der Waals surface area contributed by atoms with Crippen LogP contribution in [0, 0.1) is 11.3 Å². The van der Waals surface area contributed by atoms with E-state index in [9.17, 15) is 14.4 Å². The predicted octanol–water partition coefficient (Wildman–Crippen LogP) is 1.88. The molecule has 1 rings (SSSR count). The van der Waals surface area contributed by atoms with Crippen LogP contribution in [0.15, 0.2) is 24.3 Å². The molecule has 0 saturated carbocycles. The van der Waals surface area contributed by atoms with Gasteiger partial charge < -0.3 is 15.2 Å². The summed E-state index contributed by atoms with van der Waals surface area (Å²) in [4.78, 5) is 34.0. The van der Waals surface area contributed by atoms with E-state index < -0.39 is 23.9 Å². The number of nitrogens with one attached hydrogen (secondary N) is 1. The molecule has 0 aliphatic carbocycles. The quantitative estimate of drug-likeness (QED) is 0.429. The van der Waals surface area contributed by atoms with Crippen molar-refractivity contribution in [2.45, 2.75) is 38.6 Å². The van der Waals surface area contributed by atoms with Gasteiger partial charge in [0.1, 0.15) is 11.8 Å². The molecule has 2 N–H and O–H groups in total. The van der Waals surface area contributed by atoms with E-state index in [4.69, 9.17) is 15.1 Å². The number of carbonyl (C=O) groups excluding carboxylic acids is 2. The van der Waals surface area contributed by atoms with Gasteiger partial charge >= 0.3 is 11.9 Å². The molecule has 1 aromatic carbocycles. The Morgan fingerprint density at radius 2 is 1.91 bits per heavy atom. The molecule has 122 valence electrons. The average molecular weight is 318 g/mol. The van der Waals surface area contributed by atoms with Gasteiger partial charge in [0, 0.05) is 18.9 Å². The molecule has 0 aliphatic heterocycles. The molecule has 1 amide bonds. The number of unbranched alkanes of at least 4 members (excludes halogenated alkanes) is 2. The normalized spacial score (nSPS) is 11.1. The molecule has 0 spiro atoms. The van der Waals surface area contributed by atoms with Crippen LogP contribution in [0.25, 0.3) is 0 Å². The molecule has 7 nitrogen and oxygen atoms in total. The van der Waals surface area contributed by atoms with Crippen molar-refractivity contribution in [3.05, 3.63) is 29.8 Å². The zero-order valence-corrected chi connectivity index (χ0v) is 12.7. The topological polar surface area (TPSA) is 116 Å². The van der Waals surface area contributed by atoms with Gasteiger partial charge in [-0.3, -0.25) is 9.59 Å². The Labute approximate surface area is 133 Å². The van der Waals surface area contributed by atoms with Gasteiger partial charge in [-0.2, -0.15) is 5.26 Å². The number of hydrogen-bond acceptors (Lipinski definition) is 5. The van der Waals surface area contributed by atoms with Crippen LogP contribution in [0.4, 0.5) is 0 Å². The van der Waals surface area contributed by atoms with E-state index in [1.807, 2.05) is 6.07 Å². The standard InChI is InChI=1S/C16H18N2O5/c1-11(19)23-13-8-6-12(7-9-13)15(20)18-14(16(21)22)5-3-2-4-10-17/h6-9,14H,2-5H2,1H3,(H,18,20)(H,21,22)/t14-/m0/s1. The fourth-order valence-electron chi connectivity index (χ4n) is 1.89. The second-order valence-electron chi connectivity index (χ2n) is 4.89. The predicted molar refractivity (Wildman–Crippen MR) is 80.7 cm³/mol. The highest BCUT2D eigenvalue weighted by Crippen LogP contribution is 2.13. The van der Waals surface area contributed by atoms with Crippen LogP contribution in [0.1, 0.15) is 43.0 Å². The van der Waals surface area contributed by atoms with Gasteiger partial charge in [-0.15, -0.1) is 0 Å². The molecular formula is C16H18N2O5. The first kappa shape index (κ1) is 18.2. The van der Waals surface area contributed by atoms with Crippen molar-refractivity contribution >= 4 is 17.8 Å². The largest absolute Gasteiger partial charge is 0.480 e. The number of nitrogens with zero attached hydrogens (tertiary/aromatic N) is 1. The van der Waals surface area contributed by atoms with Crippen molar-refractivity contribution in [1.29, 1.82) is 5.26 Å².